The molecule has 0 amide bonds. The molecule has 106 valence electrons. The zero-order valence-corrected chi connectivity index (χ0v) is 13.4. The molecule has 2 aromatic rings. The Hall–Kier alpha value is -1.68. The van der Waals surface area contributed by atoms with Crippen molar-refractivity contribution in [3.05, 3.63) is 46.4 Å². The molecule has 2 N–H and O–H groups in total. The van der Waals surface area contributed by atoms with Crippen molar-refractivity contribution in [3.8, 4) is 17.2 Å². The summed E-state index contributed by atoms with van der Waals surface area (Å²) in [7, 11) is 0. The van der Waals surface area contributed by atoms with Gasteiger partial charge in [-0.3, -0.25) is 0 Å². The van der Waals surface area contributed by atoms with Gasteiger partial charge in [0.15, 0.2) is 0 Å². The first-order chi connectivity index (χ1) is 9.45. The van der Waals surface area contributed by atoms with Gasteiger partial charge in [-0.15, -0.1) is 0 Å². The van der Waals surface area contributed by atoms with E-state index in [1.54, 1.807) is 6.07 Å². The molecule has 20 heavy (non-hydrogen) atoms. The van der Waals surface area contributed by atoms with Crippen LogP contribution in [0.15, 0.2) is 40.9 Å². The van der Waals surface area contributed by atoms with Crippen LogP contribution in [0.4, 0.5) is 5.69 Å². The Morgan fingerprint density at radius 1 is 1.05 bits per heavy atom. The average molecular weight is 336 g/mol. The molecule has 2 aromatic carbocycles. The Kier molecular flexibility index (Phi) is 4.55. The third-order valence-corrected chi connectivity index (χ3v) is 3.22. The highest BCUT2D eigenvalue weighted by Gasteiger charge is 2.07. The fourth-order valence-corrected chi connectivity index (χ4v) is 2.09. The van der Waals surface area contributed by atoms with Gasteiger partial charge in [0.1, 0.15) is 17.2 Å². The minimum absolute atomic E-state index is 0.0696. The molecule has 0 saturated carbocycles. The molecule has 0 bridgehead atoms. The van der Waals surface area contributed by atoms with Crippen molar-refractivity contribution in [1.29, 1.82) is 0 Å². The van der Waals surface area contributed by atoms with E-state index in [1.807, 2.05) is 51.1 Å². The maximum Gasteiger partial charge on any atom is 0.146 e. The first-order valence-corrected chi connectivity index (χ1v) is 7.25. The molecular weight excluding hydrogens is 318 g/mol. The van der Waals surface area contributed by atoms with Crippen LogP contribution in [0.5, 0.6) is 17.2 Å². The van der Waals surface area contributed by atoms with Crippen LogP contribution in [0.1, 0.15) is 19.4 Å². The molecular formula is C16H18BrNO2. The molecule has 0 unspecified atom stereocenters. The van der Waals surface area contributed by atoms with Crippen LogP contribution < -0.4 is 15.2 Å². The Morgan fingerprint density at radius 3 is 2.50 bits per heavy atom. The summed E-state index contributed by atoms with van der Waals surface area (Å²) in [5.41, 5.74) is 7.57. The Balaban J connectivity index is 2.27. The SMILES string of the molecule is Cc1ccc(Br)cc1Oc1ccc(N)c(OC(C)C)c1. The molecule has 4 heteroatoms. The fourth-order valence-electron chi connectivity index (χ4n) is 1.75. The second kappa shape index (κ2) is 6.18. The van der Waals surface area contributed by atoms with E-state index in [4.69, 9.17) is 15.2 Å². The quantitative estimate of drug-likeness (QED) is 0.806. The van der Waals surface area contributed by atoms with Crippen LogP contribution in [0.3, 0.4) is 0 Å². The standard InChI is InChI=1S/C16H18BrNO2/c1-10(2)19-16-9-13(6-7-14(16)18)20-15-8-12(17)5-4-11(15)3/h4-10H,18H2,1-3H3. The summed E-state index contributed by atoms with van der Waals surface area (Å²) in [4.78, 5) is 0. The highest BCUT2D eigenvalue weighted by molar-refractivity contribution is 9.10. The van der Waals surface area contributed by atoms with Crippen LogP contribution in [-0.2, 0) is 0 Å². The number of benzene rings is 2. The molecule has 3 nitrogen and oxygen atoms in total. The van der Waals surface area contributed by atoms with Crippen LogP contribution in [0.2, 0.25) is 0 Å². The first-order valence-electron chi connectivity index (χ1n) is 6.46. The molecule has 0 aromatic heterocycles. The third kappa shape index (κ3) is 3.67. The predicted molar refractivity (Wildman–Crippen MR) is 85.6 cm³/mol. The summed E-state index contributed by atoms with van der Waals surface area (Å²) < 4.78 is 12.5. The van der Waals surface area contributed by atoms with E-state index >= 15 is 0 Å². The summed E-state index contributed by atoms with van der Waals surface area (Å²) in [6.45, 7) is 5.93. The van der Waals surface area contributed by atoms with Crippen LogP contribution >= 0.6 is 15.9 Å². The lowest BCUT2D eigenvalue weighted by atomic mass is 10.2. The molecule has 0 spiro atoms. The predicted octanol–water partition coefficient (Wildman–Crippen LogP) is 4.92. The number of halogens is 1. The Morgan fingerprint density at radius 2 is 1.80 bits per heavy atom. The van der Waals surface area contributed by atoms with E-state index in [-0.39, 0.29) is 6.10 Å². The largest absolute Gasteiger partial charge is 0.489 e. The summed E-state index contributed by atoms with van der Waals surface area (Å²) in [5, 5.41) is 0. The molecule has 0 heterocycles. The van der Waals surface area contributed by atoms with Gasteiger partial charge in [0.25, 0.3) is 0 Å². The number of rotatable bonds is 4. The van der Waals surface area contributed by atoms with Crippen LogP contribution in [-0.4, -0.2) is 6.10 Å². The lowest BCUT2D eigenvalue weighted by molar-refractivity contribution is 0.243. The van der Waals surface area contributed by atoms with Crippen molar-refractivity contribution in [2.24, 2.45) is 0 Å². The normalized spacial score (nSPS) is 10.7. The van der Waals surface area contributed by atoms with Crippen molar-refractivity contribution in [2.45, 2.75) is 26.9 Å². The molecule has 0 saturated heterocycles. The van der Waals surface area contributed by atoms with Crippen molar-refractivity contribution in [3.63, 3.8) is 0 Å². The van der Waals surface area contributed by atoms with E-state index in [0.29, 0.717) is 17.2 Å². The van der Waals surface area contributed by atoms with E-state index in [2.05, 4.69) is 15.9 Å². The monoisotopic (exact) mass is 335 g/mol. The summed E-state index contributed by atoms with van der Waals surface area (Å²) in [5.74, 6) is 2.15. The van der Waals surface area contributed by atoms with Gasteiger partial charge in [0.2, 0.25) is 0 Å². The molecule has 0 atom stereocenters. The highest BCUT2D eigenvalue weighted by atomic mass is 79.9. The molecule has 0 radical (unpaired) electrons. The topological polar surface area (TPSA) is 44.5 Å². The second-order valence-electron chi connectivity index (χ2n) is 4.88. The molecule has 0 aliphatic heterocycles. The first kappa shape index (κ1) is 14.7. The number of hydrogen-bond donors (Lipinski definition) is 1. The van der Waals surface area contributed by atoms with E-state index in [9.17, 15) is 0 Å². The minimum Gasteiger partial charge on any atom is -0.489 e. The lowest BCUT2D eigenvalue weighted by Gasteiger charge is -2.14. The van der Waals surface area contributed by atoms with Gasteiger partial charge in [-0.25, -0.2) is 0 Å². The molecule has 2 rings (SSSR count). The van der Waals surface area contributed by atoms with Gasteiger partial charge in [0, 0.05) is 10.5 Å². The zero-order valence-electron chi connectivity index (χ0n) is 11.8. The maximum absolute atomic E-state index is 5.90. The maximum atomic E-state index is 5.90. The van der Waals surface area contributed by atoms with E-state index < -0.39 is 0 Å². The molecule has 0 fully saturated rings. The number of nitrogens with two attached hydrogens (primary N) is 1. The number of nitrogen functional groups attached to an aromatic ring is 1. The minimum atomic E-state index is 0.0696. The van der Waals surface area contributed by atoms with Crippen molar-refractivity contribution < 1.29 is 9.47 Å². The van der Waals surface area contributed by atoms with Crippen LogP contribution in [0.25, 0.3) is 0 Å². The summed E-state index contributed by atoms with van der Waals surface area (Å²) in [6, 6.07) is 11.4. The van der Waals surface area contributed by atoms with Crippen molar-refractivity contribution >= 4 is 21.6 Å². The molecule has 0 aliphatic carbocycles. The van der Waals surface area contributed by atoms with Gasteiger partial charge in [-0.2, -0.15) is 0 Å². The van der Waals surface area contributed by atoms with Gasteiger partial charge in [-0.05, 0) is 50.6 Å². The summed E-state index contributed by atoms with van der Waals surface area (Å²) in [6.07, 6.45) is 0.0696. The Labute approximate surface area is 127 Å². The van der Waals surface area contributed by atoms with Crippen LogP contribution in [0, 0.1) is 6.92 Å². The lowest BCUT2D eigenvalue weighted by Crippen LogP contribution is -2.07. The fraction of sp³-hybridized carbons (Fsp3) is 0.250. The highest BCUT2D eigenvalue weighted by Crippen LogP contribution is 2.33. The zero-order chi connectivity index (χ0) is 14.7. The van der Waals surface area contributed by atoms with Gasteiger partial charge >= 0.3 is 0 Å². The summed E-state index contributed by atoms with van der Waals surface area (Å²) >= 11 is 3.44. The number of anilines is 1. The van der Waals surface area contributed by atoms with Gasteiger partial charge in [0.05, 0.1) is 11.8 Å². The Bertz CT molecular complexity index is 611. The van der Waals surface area contributed by atoms with Crippen molar-refractivity contribution in [2.75, 3.05) is 5.73 Å². The second-order valence-corrected chi connectivity index (χ2v) is 5.79. The van der Waals surface area contributed by atoms with Gasteiger partial charge < -0.3 is 15.2 Å². The third-order valence-electron chi connectivity index (χ3n) is 2.73. The number of hydrogen-bond acceptors (Lipinski definition) is 3. The van der Waals surface area contributed by atoms with E-state index in [0.717, 1.165) is 15.8 Å². The van der Waals surface area contributed by atoms with Gasteiger partial charge in [-0.1, -0.05) is 22.0 Å². The van der Waals surface area contributed by atoms with E-state index in [1.165, 1.54) is 0 Å². The smallest absolute Gasteiger partial charge is 0.146 e. The number of aryl methyl sites for hydroxylation is 1. The number of ether oxygens (including phenoxy) is 2. The molecule has 0 aliphatic rings. The van der Waals surface area contributed by atoms with Crippen molar-refractivity contribution in [1.82, 2.24) is 0 Å². The average Bonchev–Trinajstić information content (AvgIpc) is 2.37.